The van der Waals surface area contributed by atoms with Crippen LogP contribution in [0.15, 0.2) is 53.0 Å². The molecule has 0 saturated heterocycles. The van der Waals surface area contributed by atoms with Crippen LogP contribution in [0, 0.1) is 0 Å². The summed E-state index contributed by atoms with van der Waals surface area (Å²) in [6, 6.07) is 15.9. The van der Waals surface area contributed by atoms with Gasteiger partial charge in [-0.15, -0.1) is 0 Å². The average molecular weight is 345 g/mol. The molecule has 108 valence electrons. The first kappa shape index (κ1) is 14.3. The maximum Gasteiger partial charge on any atom is 0.259 e. The standard InChI is InChI=1S/C17H17BrN2O/c1-12-11-20(16-9-5-2-6-13(16)10-19-12)17(21)14-7-3-4-8-15(14)18/h2-9,12,19H,10-11H2,1H3. The van der Waals surface area contributed by atoms with E-state index >= 15 is 0 Å². The molecule has 3 rings (SSSR count). The summed E-state index contributed by atoms with van der Waals surface area (Å²) >= 11 is 3.47. The van der Waals surface area contributed by atoms with Crippen LogP contribution in [0.1, 0.15) is 22.8 Å². The predicted molar refractivity (Wildman–Crippen MR) is 88.6 cm³/mol. The van der Waals surface area contributed by atoms with Crippen LogP contribution in [0.2, 0.25) is 0 Å². The first-order valence-corrected chi connectivity index (χ1v) is 7.84. The lowest BCUT2D eigenvalue weighted by molar-refractivity contribution is 0.0984. The van der Waals surface area contributed by atoms with Crippen LogP contribution in [0.25, 0.3) is 0 Å². The number of carbonyl (C=O) groups is 1. The van der Waals surface area contributed by atoms with Gasteiger partial charge in [0.05, 0.1) is 5.56 Å². The van der Waals surface area contributed by atoms with Gasteiger partial charge in [0.25, 0.3) is 5.91 Å². The third-order valence-electron chi connectivity index (χ3n) is 3.73. The fraction of sp³-hybridized carbons (Fsp3) is 0.235. The minimum Gasteiger partial charge on any atom is -0.308 e. The van der Waals surface area contributed by atoms with Crippen molar-refractivity contribution < 1.29 is 4.79 Å². The number of hydrogen-bond acceptors (Lipinski definition) is 2. The Morgan fingerprint density at radius 1 is 1.19 bits per heavy atom. The summed E-state index contributed by atoms with van der Waals surface area (Å²) in [4.78, 5) is 14.8. The highest BCUT2D eigenvalue weighted by Crippen LogP contribution is 2.27. The minimum atomic E-state index is 0.0328. The molecule has 0 radical (unpaired) electrons. The van der Waals surface area contributed by atoms with E-state index in [0.29, 0.717) is 12.1 Å². The minimum absolute atomic E-state index is 0.0328. The molecule has 0 aliphatic carbocycles. The van der Waals surface area contributed by atoms with Gasteiger partial charge in [0.1, 0.15) is 0 Å². The van der Waals surface area contributed by atoms with Crippen LogP contribution in [0.4, 0.5) is 5.69 Å². The molecular formula is C17H17BrN2O. The van der Waals surface area contributed by atoms with E-state index in [9.17, 15) is 4.79 Å². The number of para-hydroxylation sites is 1. The number of halogens is 1. The summed E-state index contributed by atoms with van der Waals surface area (Å²) in [5.41, 5.74) is 2.85. The molecule has 2 aromatic carbocycles. The summed E-state index contributed by atoms with van der Waals surface area (Å²) in [5.74, 6) is 0.0328. The van der Waals surface area contributed by atoms with E-state index in [0.717, 1.165) is 22.3 Å². The predicted octanol–water partition coefficient (Wildman–Crippen LogP) is 3.59. The van der Waals surface area contributed by atoms with Crippen LogP contribution < -0.4 is 10.2 Å². The second kappa shape index (κ2) is 6.00. The zero-order chi connectivity index (χ0) is 14.8. The lowest BCUT2D eigenvalue weighted by Gasteiger charge is -2.25. The molecule has 0 bridgehead atoms. The van der Waals surface area contributed by atoms with Crippen LogP contribution >= 0.6 is 15.9 Å². The summed E-state index contributed by atoms with van der Waals surface area (Å²) in [7, 11) is 0. The van der Waals surface area contributed by atoms with Crippen molar-refractivity contribution in [1.29, 1.82) is 0 Å². The van der Waals surface area contributed by atoms with Crippen molar-refractivity contribution in [2.24, 2.45) is 0 Å². The van der Waals surface area contributed by atoms with Crippen molar-refractivity contribution in [3.63, 3.8) is 0 Å². The molecule has 4 heteroatoms. The zero-order valence-electron chi connectivity index (χ0n) is 11.8. The molecule has 2 aromatic rings. The largest absolute Gasteiger partial charge is 0.308 e. The Morgan fingerprint density at radius 2 is 1.90 bits per heavy atom. The molecule has 3 nitrogen and oxygen atoms in total. The molecule has 1 atom stereocenters. The van der Waals surface area contributed by atoms with Crippen molar-refractivity contribution >= 4 is 27.5 Å². The molecule has 1 aliphatic heterocycles. The molecular weight excluding hydrogens is 328 g/mol. The van der Waals surface area contributed by atoms with E-state index < -0.39 is 0 Å². The van der Waals surface area contributed by atoms with Gasteiger partial charge in [-0.25, -0.2) is 0 Å². The quantitative estimate of drug-likeness (QED) is 0.857. The summed E-state index contributed by atoms with van der Waals surface area (Å²) in [5, 5.41) is 3.45. The number of amides is 1. The Kier molecular flexibility index (Phi) is 4.08. The Bertz CT molecular complexity index is 671. The lowest BCUT2D eigenvalue weighted by Crippen LogP contribution is -2.39. The second-order valence-corrected chi connectivity index (χ2v) is 6.16. The second-order valence-electron chi connectivity index (χ2n) is 5.31. The van der Waals surface area contributed by atoms with Gasteiger partial charge < -0.3 is 10.2 Å². The van der Waals surface area contributed by atoms with Gasteiger partial charge in [-0.05, 0) is 46.6 Å². The van der Waals surface area contributed by atoms with Gasteiger partial charge in [-0.2, -0.15) is 0 Å². The maximum atomic E-state index is 12.9. The highest BCUT2D eigenvalue weighted by atomic mass is 79.9. The number of rotatable bonds is 1. The highest BCUT2D eigenvalue weighted by Gasteiger charge is 2.25. The normalized spacial score (nSPS) is 18.0. The van der Waals surface area contributed by atoms with Crippen LogP contribution in [-0.2, 0) is 6.54 Å². The first-order chi connectivity index (χ1) is 10.2. The lowest BCUT2D eigenvalue weighted by atomic mass is 10.1. The van der Waals surface area contributed by atoms with Gasteiger partial charge >= 0.3 is 0 Å². The highest BCUT2D eigenvalue weighted by molar-refractivity contribution is 9.10. The molecule has 1 heterocycles. The number of benzene rings is 2. The van der Waals surface area contributed by atoms with Gasteiger partial charge in [0, 0.05) is 29.3 Å². The van der Waals surface area contributed by atoms with E-state index in [4.69, 9.17) is 0 Å². The Morgan fingerprint density at radius 3 is 2.71 bits per heavy atom. The van der Waals surface area contributed by atoms with Gasteiger partial charge in [-0.3, -0.25) is 4.79 Å². The van der Waals surface area contributed by atoms with E-state index in [1.54, 1.807) is 0 Å². The van der Waals surface area contributed by atoms with Crippen molar-refractivity contribution in [3.8, 4) is 0 Å². The van der Waals surface area contributed by atoms with Crippen molar-refractivity contribution in [3.05, 3.63) is 64.1 Å². The van der Waals surface area contributed by atoms with E-state index in [1.807, 2.05) is 47.4 Å². The fourth-order valence-corrected chi connectivity index (χ4v) is 3.07. The molecule has 21 heavy (non-hydrogen) atoms. The number of anilines is 1. The fourth-order valence-electron chi connectivity index (χ4n) is 2.62. The van der Waals surface area contributed by atoms with Crippen LogP contribution in [0.5, 0.6) is 0 Å². The van der Waals surface area contributed by atoms with E-state index in [-0.39, 0.29) is 11.9 Å². The van der Waals surface area contributed by atoms with Crippen LogP contribution in [0.3, 0.4) is 0 Å². The Balaban J connectivity index is 2.04. The maximum absolute atomic E-state index is 12.9. The molecule has 0 aromatic heterocycles. The SMILES string of the molecule is CC1CN(C(=O)c2ccccc2Br)c2ccccc2CN1. The molecule has 0 spiro atoms. The van der Waals surface area contributed by atoms with Gasteiger partial charge in [0.15, 0.2) is 0 Å². The number of nitrogens with one attached hydrogen (secondary N) is 1. The van der Waals surface area contributed by atoms with Gasteiger partial charge in [-0.1, -0.05) is 30.3 Å². The molecule has 0 fully saturated rings. The van der Waals surface area contributed by atoms with Gasteiger partial charge in [0.2, 0.25) is 0 Å². The summed E-state index contributed by atoms with van der Waals surface area (Å²) in [6.07, 6.45) is 0. The average Bonchev–Trinajstić information content (AvgIpc) is 2.67. The third-order valence-corrected chi connectivity index (χ3v) is 4.42. The Hall–Kier alpha value is -1.65. The topological polar surface area (TPSA) is 32.3 Å². The molecule has 1 amide bonds. The Labute approximate surface area is 133 Å². The van der Waals surface area contributed by atoms with Crippen molar-refractivity contribution in [2.75, 3.05) is 11.4 Å². The zero-order valence-corrected chi connectivity index (χ0v) is 13.4. The molecule has 1 unspecified atom stereocenters. The summed E-state index contributed by atoms with van der Waals surface area (Å²) in [6.45, 7) is 3.56. The number of carbonyl (C=O) groups excluding carboxylic acids is 1. The third kappa shape index (κ3) is 2.87. The molecule has 1 N–H and O–H groups in total. The van der Waals surface area contributed by atoms with E-state index in [1.165, 1.54) is 0 Å². The molecule has 1 aliphatic rings. The molecule has 0 saturated carbocycles. The smallest absolute Gasteiger partial charge is 0.259 e. The van der Waals surface area contributed by atoms with Crippen molar-refractivity contribution in [2.45, 2.75) is 19.5 Å². The number of hydrogen-bond donors (Lipinski definition) is 1. The first-order valence-electron chi connectivity index (χ1n) is 7.04. The summed E-state index contributed by atoms with van der Waals surface area (Å²) < 4.78 is 0.831. The van der Waals surface area contributed by atoms with E-state index in [2.05, 4.69) is 34.2 Å². The van der Waals surface area contributed by atoms with Crippen LogP contribution in [-0.4, -0.2) is 18.5 Å². The number of fused-ring (bicyclic) bond motifs is 1. The monoisotopic (exact) mass is 344 g/mol. The van der Waals surface area contributed by atoms with Crippen molar-refractivity contribution in [1.82, 2.24) is 5.32 Å². The number of nitrogens with zero attached hydrogens (tertiary/aromatic N) is 1.